The van der Waals surface area contributed by atoms with Crippen molar-refractivity contribution in [1.29, 1.82) is 0 Å². The zero-order valence-corrected chi connectivity index (χ0v) is 16.2. The van der Waals surface area contributed by atoms with Crippen molar-refractivity contribution < 1.29 is 0 Å². The molecule has 0 N–H and O–H groups in total. The summed E-state index contributed by atoms with van der Waals surface area (Å²) in [5.41, 5.74) is 0. The molecule has 16 heavy (non-hydrogen) atoms. The van der Waals surface area contributed by atoms with Crippen molar-refractivity contribution >= 4 is 81.2 Å². The van der Waals surface area contributed by atoms with Gasteiger partial charge in [0.2, 0.25) is 13.4 Å². The smallest absolute Gasteiger partial charge is 0.161 e. The molecule has 0 unspecified atom stereocenters. The number of thioether (sulfide) groups is 2. The number of halogens is 4. The molecule has 0 aromatic heterocycles. The molecular weight excluding hydrogens is 358 g/mol. The van der Waals surface area contributed by atoms with Gasteiger partial charge in [-0.25, -0.2) is 0 Å². The lowest BCUT2D eigenvalue weighted by Crippen LogP contribution is -2.13. The Hall–Kier alpha value is 2.29. The topological polar surface area (TPSA) is 0 Å². The lowest BCUT2D eigenvalue weighted by atomic mass is 10.9. The van der Waals surface area contributed by atoms with Crippen LogP contribution in [0, 0.1) is 0 Å². The molecule has 0 saturated heterocycles. The van der Waals surface area contributed by atoms with E-state index < -0.39 is 13.4 Å². The minimum absolute atomic E-state index is 0.972. The fraction of sp³-hybridized carbons (Fsp3) is 1.00. The van der Waals surface area contributed by atoms with Crippen LogP contribution in [0.25, 0.3) is 0 Å². The van der Waals surface area contributed by atoms with Gasteiger partial charge in [-0.15, -0.1) is 44.3 Å². The summed E-state index contributed by atoms with van der Waals surface area (Å²) < 4.78 is 0. The zero-order valence-electron chi connectivity index (χ0n) is 9.57. The van der Waals surface area contributed by atoms with Gasteiger partial charge < -0.3 is 0 Å². The second-order valence-electron chi connectivity index (χ2n) is 3.87. The Kier molecular flexibility index (Phi) is 10.6. The molecule has 0 saturated carbocycles. The van der Waals surface area contributed by atoms with Gasteiger partial charge in [-0.3, -0.25) is 0 Å². The van der Waals surface area contributed by atoms with Crippen LogP contribution < -0.4 is 0 Å². The molecule has 0 fully saturated rings. The number of hydrogen-bond donors (Lipinski definition) is 0. The predicted molar refractivity (Wildman–Crippen MR) is 90.9 cm³/mol. The third-order valence-corrected chi connectivity index (χ3v) is 9.22. The first kappa shape index (κ1) is 18.3. The van der Waals surface area contributed by atoms with Crippen molar-refractivity contribution in [1.82, 2.24) is 0 Å². The largest absolute Gasteiger partial charge is 0.249 e. The molecule has 0 bridgehead atoms. The van der Waals surface area contributed by atoms with E-state index in [0.717, 1.165) is 35.1 Å². The van der Waals surface area contributed by atoms with E-state index in [0.29, 0.717) is 0 Å². The van der Waals surface area contributed by atoms with Gasteiger partial charge in [-0.1, -0.05) is 0 Å². The maximum Gasteiger partial charge on any atom is 0.249 e. The summed E-state index contributed by atoms with van der Waals surface area (Å²) in [6.07, 6.45) is 0. The van der Waals surface area contributed by atoms with Gasteiger partial charge >= 0.3 is 0 Å². The molecular formula is C8H18Cl4S2Si2. The SMILES string of the molecule is C[Si](Cl)(Cl)CCSCCSCC[Si](C)(Cl)Cl. The Morgan fingerprint density at radius 1 is 0.688 bits per heavy atom. The van der Waals surface area contributed by atoms with E-state index in [1.165, 1.54) is 0 Å². The molecule has 0 amide bonds. The van der Waals surface area contributed by atoms with E-state index in [1.54, 1.807) is 0 Å². The Balaban J connectivity index is 3.17. The molecule has 0 rings (SSSR count). The highest BCUT2D eigenvalue weighted by Crippen LogP contribution is 2.24. The first-order chi connectivity index (χ1) is 7.21. The van der Waals surface area contributed by atoms with Gasteiger partial charge in [0, 0.05) is 11.5 Å². The van der Waals surface area contributed by atoms with Gasteiger partial charge in [0.05, 0.1) is 0 Å². The molecule has 0 aromatic rings. The van der Waals surface area contributed by atoms with Crippen LogP contribution >= 0.6 is 67.8 Å². The Labute approximate surface area is 128 Å². The molecule has 98 valence electrons. The molecule has 0 aliphatic carbocycles. The third-order valence-electron chi connectivity index (χ3n) is 1.74. The summed E-state index contributed by atoms with van der Waals surface area (Å²) >= 11 is 27.9. The normalized spacial score (nSPS) is 13.1. The summed E-state index contributed by atoms with van der Waals surface area (Å²) in [6.45, 7) is 0.200. The van der Waals surface area contributed by atoms with Crippen LogP contribution in [0.15, 0.2) is 0 Å². The molecule has 0 aliphatic rings. The van der Waals surface area contributed by atoms with Crippen molar-refractivity contribution in [3.63, 3.8) is 0 Å². The number of hydrogen-bond acceptors (Lipinski definition) is 2. The average molecular weight is 376 g/mol. The van der Waals surface area contributed by atoms with Gasteiger partial charge in [-0.05, 0) is 36.7 Å². The van der Waals surface area contributed by atoms with Crippen LogP contribution in [0.5, 0.6) is 0 Å². The molecule has 0 aromatic carbocycles. The van der Waals surface area contributed by atoms with Crippen molar-refractivity contribution in [3.05, 3.63) is 0 Å². The maximum atomic E-state index is 6.01. The highest BCUT2D eigenvalue weighted by atomic mass is 35.7. The second kappa shape index (κ2) is 9.24. The lowest BCUT2D eigenvalue weighted by Gasteiger charge is -2.10. The van der Waals surface area contributed by atoms with Crippen LogP contribution in [0.4, 0.5) is 0 Å². The highest BCUT2D eigenvalue weighted by Gasteiger charge is 2.20. The predicted octanol–water partition coefficient (Wildman–Crippen LogP) is 5.55. The monoisotopic (exact) mass is 374 g/mol. The van der Waals surface area contributed by atoms with E-state index in [9.17, 15) is 0 Å². The van der Waals surface area contributed by atoms with E-state index >= 15 is 0 Å². The van der Waals surface area contributed by atoms with E-state index in [-0.39, 0.29) is 0 Å². The van der Waals surface area contributed by atoms with Crippen molar-refractivity contribution in [2.75, 3.05) is 23.0 Å². The lowest BCUT2D eigenvalue weighted by molar-refractivity contribution is 1.41. The summed E-state index contributed by atoms with van der Waals surface area (Å²) in [4.78, 5) is 0. The maximum absolute atomic E-state index is 6.01. The number of rotatable bonds is 9. The zero-order chi connectivity index (χ0) is 12.7. The molecule has 0 radical (unpaired) electrons. The fourth-order valence-corrected chi connectivity index (χ4v) is 8.98. The van der Waals surface area contributed by atoms with E-state index in [1.807, 2.05) is 36.6 Å². The van der Waals surface area contributed by atoms with Crippen LogP contribution in [0.1, 0.15) is 0 Å². The quantitative estimate of drug-likeness (QED) is 0.294. The van der Waals surface area contributed by atoms with Crippen LogP contribution in [-0.4, -0.2) is 36.4 Å². The molecule has 8 heteroatoms. The summed E-state index contributed by atoms with van der Waals surface area (Å²) in [5.74, 6) is 4.47. The van der Waals surface area contributed by atoms with Crippen LogP contribution in [0.3, 0.4) is 0 Å². The van der Waals surface area contributed by atoms with Crippen molar-refractivity contribution in [3.8, 4) is 0 Å². The molecule has 0 aliphatic heterocycles. The van der Waals surface area contributed by atoms with Crippen molar-refractivity contribution in [2.45, 2.75) is 25.2 Å². The van der Waals surface area contributed by atoms with E-state index in [2.05, 4.69) is 0 Å². The summed E-state index contributed by atoms with van der Waals surface area (Å²) in [5, 5.41) is 0. The molecule has 0 heterocycles. The van der Waals surface area contributed by atoms with Gasteiger partial charge in [-0.2, -0.15) is 23.5 Å². The highest BCUT2D eigenvalue weighted by molar-refractivity contribution is 8.03. The average Bonchev–Trinajstić information content (AvgIpc) is 2.06. The standard InChI is InChI=1S/C8H18Cl4S2Si2/c1-15(9,10)7-5-13-3-4-14-6-8-16(2,11)12/h3-8H2,1-2H3. The Morgan fingerprint density at radius 3 is 1.25 bits per heavy atom. The Morgan fingerprint density at radius 2 is 1.00 bits per heavy atom. The third kappa shape index (κ3) is 16.3. The van der Waals surface area contributed by atoms with Crippen LogP contribution in [-0.2, 0) is 0 Å². The van der Waals surface area contributed by atoms with Gasteiger partial charge in [0.25, 0.3) is 0 Å². The van der Waals surface area contributed by atoms with Crippen molar-refractivity contribution in [2.24, 2.45) is 0 Å². The Bertz CT molecular complexity index is 162. The summed E-state index contributed by atoms with van der Waals surface area (Å²) in [7, 11) is 0. The first-order valence-corrected chi connectivity index (χ1v) is 16.9. The fourth-order valence-electron chi connectivity index (χ4n) is 0.825. The summed E-state index contributed by atoms with van der Waals surface area (Å²) in [6, 6.07) is 1.94. The second-order valence-corrected chi connectivity index (χ2v) is 22.8. The van der Waals surface area contributed by atoms with Crippen LogP contribution in [0.2, 0.25) is 25.2 Å². The molecule has 0 nitrogen and oxygen atoms in total. The molecule has 0 spiro atoms. The van der Waals surface area contributed by atoms with Gasteiger partial charge in [0.1, 0.15) is 0 Å². The molecule has 0 atom stereocenters. The minimum Gasteiger partial charge on any atom is -0.161 e. The van der Waals surface area contributed by atoms with Gasteiger partial charge in [0.15, 0.2) is 0 Å². The first-order valence-electron chi connectivity index (χ1n) is 5.12. The van der Waals surface area contributed by atoms with E-state index in [4.69, 9.17) is 44.3 Å². The minimum atomic E-state index is -1.87.